The molecule has 1 N–H and O–H groups in total. The first-order valence-corrected chi connectivity index (χ1v) is 7.98. The molecule has 0 saturated carbocycles. The largest absolute Gasteiger partial charge is 0.385 e. The zero-order chi connectivity index (χ0) is 12.9. The molecule has 0 bridgehead atoms. The van der Waals surface area contributed by atoms with Gasteiger partial charge in [0.05, 0.1) is 0 Å². The minimum absolute atomic E-state index is 0.765. The number of hydrogen-bond acceptors (Lipinski definition) is 2. The van der Waals surface area contributed by atoms with Gasteiger partial charge in [-0.05, 0) is 62.9 Å². The fraction of sp³-hybridized carbons (Fsp3) is 0.647. The van der Waals surface area contributed by atoms with Crippen molar-refractivity contribution in [1.29, 1.82) is 0 Å². The van der Waals surface area contributed by atoms with E-state index in [0.717, 1.165) is 12.5 Å². The van der Waals surface area contributed by atoms with Gasteiger partial charge in [-0.2, -0.15) is 0 Å². The molecule has 1 atom stereocenters. The van der Waals surface area contributed by atoms with Gasteiger partial charge in [-0.1, -0.05) is 31.0 Å². The molecular weight excluding hydrogens is 232 g/mol. The third-order valence-corrected chi connectivity index (χ3v) is 4.70. The van der Waals surface area contributed by atoms with Crippen molar-refractivity contribution in [3.63, 3.8) is 0 Å². The van der Waals surface area contributed by atoms with E-state index in [0.29, 0.717) is 0 Å². The van der Waals surface area contributed by atoms with Crippen molar-refractivity contribution in [2.45, 2.75) is 44.4 Å². The van der Waals surface area contributed by atoms with Gasteiger partial charge in [-0.3, -0.25) is 0 Å². The number of nitrogens with zero attached hydrogens (tertiary/aromatic N) is 1. The molecule has 1 fully saturated rings. The van der Waals surface area contributed by atoms with Crippen LogP contribution in [0, 0.1) is 0 Å². The van der Waals surface area contributed by atoms with Gasteiger partial charge in [-0.25, -0.2) is 0 Å². The Kier molecular flexibility index (Phi) is 4.39. The Morgan fingerprint density at radius 1 is 1.05 bits per heavy atom. The highest BCUT2D eigenvalue weighted by Gasteiger charge is 2.20. The zero-order valence-electron chi connectivity index (χ0n) is 11.9. The van der Waals surface area contributed by atoms with Crippen LogP contribution in [-0.2, 0) is 0 Å². The Balaban J connectivity index is 1.58. The van der Waals surface area contributed by atoms with Crippen molar-refractivity contribution >= 4 is 5.69 Å². The van der Waals surface area contributed by atoms with Gasteiger partial charge in [0, 0.05) is 12.2 Å². The molecule has 19 heavy (non-hydrogen) atoms. The smallest absolute Gasteiger partial charge is 0.0375 e. The van der Waals surface area contributed by atoms with E-state index in [1.807, 2.05) is 0 Å². The summed E-state index contributed by atoms with van der Waals surface area (Å²) in [5.41, 5.74) is 2.91. The molecule has 0 spiro atoms. The summed E-state index contributed by atoms with van der Waals surface area (Å²) in [4.78, 5) is 2.69. The molecule has 3 rings (SSSR count). The average Bonchev–Trinajstić information content (AvgIpc) is 2.74. The molecule has 104 valence electrons. The van der Waals surface area contributed by atoms with E-state index in [1.165, 1.54) is 63.8 Å². The van der Waals surface area contributed by atoms with Gasteiger partial charge in [-0.15, -0.1) is 0 Å². The van der Waals surface area contributed by atoms with E-state index in [-0.39, 0.29) is 0 Å². The summed E-state index contributed by atoms with van der Waals surface area (Å²) >= 11 is 0. The number of benzene rings is 1. The summed E-state index contributed by atoms with van der Waals surface area (Å²) in [6.45, 7) is 5.08. The molecule has 1 aromatic rings. The van der Waals surface area contributed by atoms with Crippen molar-refractivity contribution in [2.75, 3.05) is 31.5 Å². The molecule has 1 saturated heterocycles. The van der Waals surface area contributed by atoms with E-state index >= 15 is 0 Å². The lowest BCUT2D eigenvalue weighted by Gasteiger charge is -2.29. The maximum Gasteiger partial charge on any atom is 0.0375 e. The van der Waals surface area contributed by atoms with Gasteiger partial charge in [0.25, 0.3) is 0 Å². The molecule has 2 nitrogen and oxygen atoms in total. The first-order valence-electron chi connectivity index (χ1n) is 7.98. The van der Waals surface area contributed by atoms with Crippen molar-refractivity contribution in [1.82, 2.24) is 4.90 Å². The summed E-state index contributed by atoms with van der Waals surface area (Å²) < 4.78 is 0. The van der Waals surface area contributed by atoms with Gasteiger partial charge in [0.1, 0.15) is 0 Å². The first kappa shape index (κ1) is 13.0. The number of fused-ring (bicyclic) bond motifs is 1. The first-order chi connectivity index (χ1) is 9.43. The van der Waals surface area contributed by atoms with Crippen LogP contribution in [0.4, 0.5) is 5.69 Å². The number of likely N-dealkylation sites (tertiary alicyclic amines) is 1. The van der Waals surface area contributed by atoms with E-state index in [1.54, 1.807) is 5.56 Å². The summed E-state index contributed by atoms with van der Waals surface area (Å²) in [5, 5.41) is 3.53. The molecule has 0 amide bonds. The molecule has 2 heteroatoms. The lowest BCUT2D eigenvalue weighted by molar-refractivity contribution is 0.271. The van der Waals surface area contributed by atoms with Gasteiger partial charge < -0.3 is 10.2 Å². The molecule has 0 radical (unpaired) electrons. The van der Waals surface area contributed by atoms with Crippen molar-refractivity contribution in [2.24, 2.45) is 0 Å². The molecule has 1 aromatic carbocycles. The normalized spacial score (nSPS) is 24.3. The zero-order valence-corrected chi connectivity index (χ0v) is 11.9. The predicted molar refractivity (Wildman–Crippen MR) is 81.8 cm³/mol. The maximum atomic E-state index is 3.53. The number of hydrogen-bond donors (Lipinski definition) is 1. The Morgan fingerprint density at radius 2 is 1.84 bits per heavy atom. The molecule has 0 aliphatic carbocycles. The maximum absolute atomic E-state index is 3.53. The highest BCUT2D eigenvalue weighted by molar-refractivity contribution is 5.54. The average molecular weight is 258 g/mol. The second-order valence-electron chi connectivity index (χ2n) is 6.04. The van der Waals surface area contributed by atoms with Crippen molar-refractivity contribution in [3.8, 4) is 0 Å². The Labute approximate surface area is 117 Å². The molecule has 1 unspecified atom stereocenters. The van der Waals surface area contributed by atoms with E-state index < -0.39 is 0 Å². The quantitative estimate of drug-likeness (QED) is 0.886. The Hall–Kier alpha value is -1.02. The number of rotatable bonds is 3. The van der Waals surface area contributed by atoms with Crippen LogP contribution in [0.3, 0.4) is 0 Å². The summed E-state index contributed by atoms with van der Waals surface area (Å²) in [6, 6.07) is 8.87. The predicted octanol–water partition coefficient (Wildman–Crippen LogP) is 3.85. The van der Waals surface area contributed by atoms with Crippen LogP contribution in [0.5, 0.6) is 0 Å². The van der Waals surface area contributed by atoms with Crippen LogP contribution in [0.25, 0.3) is 0 Å². The highest BCUT2D eigenvalue weighted by atomic mass is 15.1. The van der Waals surface area contributed by atoms with Gasteiger partial charge in [0.15, 0.2) is 0 Å². The van der Waals surface area contributed by atoms with Crippen LogP contribution in [-0.4, -0.2) is 31.1 Å². The minimum atomic E-state index is 0.765. The topological polar surface area (TPSA) is 15.3 Å². The number of para-hydroxylation sites is 1. The second kappa shape index (κ2) is 6.42. The van der Waals surface area contributed by atoms with Crippen molar-refractivity contribution < 1.29 is 0 Å². The minimum Gasteiger partial charge on any atom is -0.385 e. The summed E-state index contributed by atoms with van der Waals surface area (Å²) in [6.07, 6.45) is 8.31. The van der Waals surface area contributed by atoms with Crippen molar-refractivity contribution in [3.05, 3.63) is 29.8 Å². The molecule has 2 heterocycles. The van der Waals surface area contributed by atoms with Crippen LogP contribution < -0.4 is 5.32 Å². The lowest BCUT2D eigenvalue weighted by Crippen LogP contribution is -2.28. The van der Waals surface area contributed by atoms with E-state index in [9.17, 15) is 0 Å². The third-order valence-electron chi connectivity index (χ3n) is 4.70. The van der Waals surface area contributed by atoms with Gasteiger partial charge in [0.2, 0.25) is 0 Å². The van der Waals surface area contributed by atoms with Crippen LogP contribution in [0.1, 0.15) is 50.0 Å². The fourth-order valence-corrected chi connectivity index (χ4v) is 3.55. The number of anilines is 1. The standard InChI is InChI=1S/C17H26N2/c1-2-6-13-19(12-5-1)14-10-15-9-11-18-17-8-4-3-7-16(15)17/h3-4,7-8,15,18H,1-2,5-6,9-14H2. The Morgan fingerprint density at radius 3 is 2.68 bits per heavy atom. The van der Waals surface area contributed by atoms with Gasteiger partial charge >= 0.3 is 0 Å². The third kappa shape index (κ3) is 3.30. The fourth-order valence-electron chi connectivity index (χ4n) is 3.55. The summed E-state index contributed by atoms with van der Waals surface area (Å²) in [7, 11) is 0. The lowest BCUT2D eigenvalue weighted by atomic mass is 9.88. The van der Waals surface area contributed by atoms with Crippen LogP contribution in [0.2, 0.25) is 0 Å². The molecular formula is C17H26N2. The highest BCUT2D eigenvalue weighted by Crippen LogP contribution is 2.33. The van der Waals surface area contributed by atoms with Crippen LogP contribution >= 0.6 is 0 Å². The monoisotopic (exact) mass is 258 g/mol. The SMILES string of the molecule is c1ccc2c(c1)NCCC2CCN1CCCCCC1. The molecule has 2 aliphatic heterocycles. The van der Waals surface area contributed by atoms with E-state index in [2.05, 4.69) is 34.5 Å². The molecule has 0 aromatic heterocycles. The molecule has 2 aliphatic rings. The second-order valence-corrected chi connectivity index (χ2v) is 6.04. The number of nitrogens with one attached hydrogen (secondary N) is 1. The summed E-state index contributed by atoms with van der Waals surface area (Å²) in [5.74, 6) is 0.765. The van der Waals surface area contributed by atoms with E-state index in [4.69, 9.17) is 0 Å². The van der Waals surface area contributed by atoms with Crippen LogP contribution in [0.15, 0.2) is 24.3 Å². The Bertz CT molecular complexity index is 394.